The first-order valence-corrected chi connectivity index (χ1v) is 13.9. The molecule has 8 nitrogen and oxygen atoms in total. The second-order valence-electron chi connectivity index (χ2n) is 10.9. The van der Waals surface area contributed by atoms with Crippen LogP contribution in [0.15, 0.2) is 42.6 Å². The van der Waals surface area contributed by atoms with Gasteiger partial charge >= 0.3 is 5.97 Å². The largest absolute Gasteiger partial charge is 0.455 e. The summed E-state index contributed by atoms with van der Waals surface area (Å²) in [5, 5.41) is 15.1. The molecule has 0 aliphatic carbocycles. The maximum Gasteiger partial charge on any atom is 0.353 e. The minimum absolute atomic E-state index is 0.0942. The first-order valence-electron chi connectivity index (χ1n) is 13.2. The zero-order chi connectivity index (χ0) is 28.5. The number of piperazine rings is 1. The molecule has 208 valence electrons. The number of ether oxygens (including phenoxy) is 1. The standard InChI is InChI=1S/C29H35Cl2N5O3/c1-6-22(26(32)28(38)39-29(3,4)5)27(37)35-13-11-34(12-14-35)21-9-7-19-17-33-36(25(19)16-21)18(2)23-10-8-20(30)15-24(23)31/h7-10,15-18,22,32H,6,11-14H2,1-5H3/t18-,22-/m1/s1. The molecule has 3 aromatic rings. The maximum atomic E-state index is 13.3. The molecule has 4 rings (SSSR count). The van der Waals surface area contributed by atoms with Gasteiger partial charge in [-0.2, -0.15) is 5.10 Å². The number of benzene rings is 2. The van der Waals surface area contributed by atoms with Crippen LogP contribution < -0.4 is 4.90 Å². The summed E-state index contributed by atoms with van der Waals surface area (Å²) in [6.07, 6.45) is 2.22. The Bertz CT molecular complexity index is 1390. The third kappa shape index (κ3) is 6.39. The number of nitrogens with one attached hydrogen (secondary N) is 1. The number of esters is 1. The molecule has 2 atom stereocenters. The fourth-order valence-corrected chi connectivity index (χ4v) is 5.45. The fourth-order valence-electron chi connectivity index (χ4n) is 4.89. The number of anilines is 1. The third-order valence-corrected chi connectivity index (χ3v) is 7.55. The molecule has 1 aliphatic rings. The summed E-state index contributed by atoms with van der Waals surface area (Å²) in [5.74, 6) is -1.74. The highest BCUT2D eigenvalue weighted by molar-refractivity contribution is 6.39. The molecule has 1 fully saturated rings. The number of aromatic nitrogens is 2. The number of fused-ring (bicyclic) bond motifs is 1. The normalized spacial score (nSPS) is 15.8. The van der Waals surface area contributed by atoms with Crippen LogP contribution in [0, 0.1) is 11.3 Å². The zero-order valence-electron chi connectivity index (χ0n) is 23.0. The van der Waals surface area contributed by atoms with E-state index in [1.807, 2.05) is 29.9 Å². The van der Waals surface area contributed by atoms with Gasteiger partial charge in [0.05, 0.1) is 23.7 Å². The molecule has 1 aliphatic heterocycles. The summed E-state index contributed by atoms with van der Waals surface area (Å²) in [6, 6.07) is 11.6. The minimum Gasteiger partial charge on any atom is -0.455 e. The minimum atomic E-state index is -0.807. The van der Waals surface area contributed by atoms with Gasteiger partial charge in [0.25, 0.3) is 0 Å². The molecule has 2 heterocycles. The summed E-state index contributed by atoms with van der Waals surface area (Å²) in [6.45, 7) is 11.4. The Morgan fingerprint density at radius 1 is 1.08 bits per heavy atom. The van der Waals surface area contributed by atoms with E-state index in [4.69, 9.17) is 33.3 Å². The van der Waals surface area contributed by atoms with Crippen molar-refractivity contribution in [1.82, 2.24) is 14.7 Å². The third-order valence-electron chi connectivity index (χ3n) is 6.99. The van der Waals surface area contributed by atoms with Crippen LogP contribution in [-0.4, -0.2) is 64.0 Å². The van der Waals surface area contributed by atoms with Crippen molar-refractivity contribution < 1.29 is 14.3 Å². The van der Waals surface area contributed by atoms with Crippen LogP contribution in [-0.2, 0) is 14.3 Å². The lowest BCUT2D eigenvalue weighted by molar-refractivity contribution is -0.147. The van der Waals surface area contributed by atoms with E-state index < -0.39 is 17.5 Å². The molecule has 2 aromatic carbocycles. The van der Waals surface area contributed by atoms with E-state index in [-0.39, 0.29) is 17.7 Å². The van der Waals surface area contributed by atoms with Gasteiger partial charge in [0.2, 0.25) is 5.91 Å². The first kappa shape index (κ1) is 28.9. The van der Waals surface area contributed by atoms with Crippen molar-refractivity contribution in [3.63, 3.8) is 0 Å². The molecular formula is C29H35Cl2N5O3. The Balaban J connectivity index is 1.46. The van der Waals surface area contributed by atoms with Gasteiger partial charge in [-0.05, 0) is 70.0 Å². The van der Waals surface area contributed by atoms with Crippen LogP contribution in [0.25, 0.3) is 10.9 Å². The predicted octanol–water partition coefficient (Wildman–Crippen LogP) is 5.99. The Morgan fingerprint density at radius 2 is 1.77 bits per heavy atom. The smallest absolute Gasteiger partial charge is 0.353 e. The van der Waals surface area contributed by atoms with Gasteiger partial charge in [0.1, 0.15) is 11.3 Å². The Hall–Kier alpha value is -3.10. The topological polar surface area (TPSA) is 91.5 Å². The SMILES string of the molecule is CC[C@H](C(=N)C(=O)OC(C)(C)C)C(=O)N1CCN(c2ccc3cnn([C@H](C)c4ccc(Cl)cc4Cl)c3c2)CC1. The van der Waals surface area contributed by atoms with E-state index in [9.17, 15) is 9.59 Å². The molecule has 0 saturated carbocycles. The number of rotatable bonds is 7. The highest BCUT2D eigenvalue weighted by Crippen LogP contribution is 2.32. The number of hydrogen-bond donors (Lipinski definition) is 1. The molecule has 1 N–H and O–H groups in total. The lowest BCUT2D eigenvalue weighted by atomic mass is 9.97. The number of carbonyl (C=O) groups is 2. The predicted molar refractivity (Wildman–Crippen MR) is 156 cm³/mol. The van der Waals surface area contributed by atoms with Crippen LogP contribution in [0.1, 0.15) is 52.6 Å². The Kier molecular flexibility index (Phi) is 8.57. The van der Waals surface area contributed by atoms with E-state index in [2.05, 4.69) is 35.1 Å². The maximum absolute atomic E-state index is 13.3. The summed E-state index contributed by atoms with van der Waals surface area (Å²) in [4.78, 5) is 29.7. The molecule has 0 bridgehead atoms. The second-order valence-corrected chi connectivity index (χ2v) is 11.7. The highest BCUT2D eigenvalue weighted by atomic mass is 35.5. The van der Waals surface area contributed by atoms with E-state index in [1.54, 1.807) is 31.7 Å². The van der Waals surface area contributed by atoms with Crippen LogP contribution in [0.4, 0.5) is 5.69 Å². The highest BCUT2D eigenvalue weighted by Gasteiger charge is 2.34. The molecule has 39 heavy (non-hydrogen) atoms. The van der Waals surface area contributed by atoms with Gasteiger partial charge < -0.3 is 14.5 Å². The average molecular weight is 573 g/mol. The van der Waals surface area contributed by atoms with Crippen molar-refractivity contribution >= 4 is 57.4 Å². The van der Waals surface area contributed by atoms with Crippen LogP contribution in [0.5, 0.6) is 0 Å². The number of halogens is 2. The summed E-state index contributed by atoms with van der Waals surface area (Å²) in [7, 11) is 0. The quantitative estimate of drug-likeness (QED) is 0.278. The van der Waals surface area contributed by atoms with Crippen LogP contribution in [0.3, 0.4) is 0 Å². The lowest BCUT2D eigenvalue weighted by Crippen LogP contribution is -2.52. The molecule has 0 radical (unpaired) electrons. The van der Waals surface area contributed by atoms with Crippen molar-refractivity contribution in [1.29, 1.82) is 5.41 Å². The van der Waals surface area contributed by atoms with Crippen molar-refractivity contribution in [2.45, 2.75) is 52.7 Å². The first-order chi connectivity index (χ1) is 18.4. The van der Waals surface area contributed by atoms with Crippen LogP contribution in [0.2, 0.25) is 10.0 Å². The van der Waals surface area contributed by atoms with Crippen molar-refractivity contribution in [3.8, 4) is 0 Å². The van der Waals surface area contributed by atoms with Gasteiger partial charge in [-0.3, -0.25) is 14.9 Å². The Labute approximate surface area is 239 Å². The molecule has 0 spiro atoms. The zero-order valence-corrected chi connectivity index (χ0v) is 24.5. The molecule has 1 saturated heterocycles. The van der Waals surface area contributed by atoms with E-state index in [1.165, 1.54) is 0 Å². The van der Waals surface area contributed by atoms with E-state index >= 15 is 0 Å². The Morgan fingerprint density at radius 3 is 2.38 bits per heavy atom. The van der Waals surface area contributed by atoms with Gasteiger partial charge in [-0.25, -0.2) is 4.79 Å². The van der Waals surface area contributed by atoms with Gasteiger partial charge in [0, 0.05) is 47.3 Å². The summed E-state index contributed by atoms with van der Waals surface area (Å²) in [5.41, 5.74) is 1.96. The monoisotopic (exact) mass is 571 g/mol. The molecular weight excluding hydrogens is 537 g/mol. The van der Waals surface area contributed by atoms with E-state index in [0.29, 0.717) is 42.6 Å². The van der Waals surface area contributed by atoms with Crippen molar-refractivity contribution in [2.75, 3.05) is 31.1 Å². The van der Waals surface area contributed by atoms with Crippen molar-refractivity contribution in [3.05, 3.63) is 58.2 Å². The number of carbonyl (C=O) groups excluding carboxylic acids is 2. The number of amides is 1. The van der Waals surface area contributed by atoms with Gasteiger partial charge in [-0.1, -0.05) is 36.2 Å². The molecule has 1 aromatic heterocycles. The van der Waals surface area contributed by atoms with Gasteiger partial charge in [0.15, 0.2) is 0 Å². The lowest BCUT2D eigenvalue weighted by Gasteiger charge is -2.37. The van der Waals surface area contributed by atoms with E-state index in [0.717, 1.165) is 22.2 Å². The summed E-state index contributed by atoms with van der Waals surface area (Å²) < 4.78 is 7.29. The average Bonchev–Trinajstić information content (AvgIpc) is 3.31. The molecule has 1 amide bonds. The number of hydrogen-bond acceptors (Lipinski definition) is 6. The van der Waals surface area contributed by atoms with Crippen LogP contribution >= 0.6 is 23.2 Å². The number of nitrogens with zero attached hydrogens (tertiary/aromatic N) is 4. The molecule has 10 heteroatoms. The van der Waals surface area contributed by atoms with Crippen molar-refractivity contribution in [2.24, 2.45) is 5.92 Å². The van der Waals surface area contributed by atoms with Gasteiger partial charge in [-0.15, -0.1) is 0 Å². The summed E-state index contributed by atoms with van der Waals surface area (Å²) >= 11 is 12.6. The molecule has 0 unspecified atom stereocenters. The second kappa shape index (κ2) is 11.6. The fraction of sp³-hybridized carbons (Fsp3) is 0.448.